The molecule has 1 aromatic carbocycles. The number of hydrogen-bond acceptors (Lipinski definition) is 4. The maximum atomic E-state index is 5.86. The quantitative estimate of drug-likeness (QED) is 0.694. The van der Waals surface area contributed by atoms with E-state index in [0.29, 0.717) is 6.54 Å². The lowest BCUT2D eigenvalue weighted by Crippen LogP contribution is -2.14. The van der Waals surface area contributed by atoms with E-state index >= 15 is 0 Å². The molecule has 0 aliphatic heterocycles. The molecule has 1 heterocycles. The lowest BCUT2D eigenvalue weighted by atomic mass is 10.1. The van der Waals surface area contributed by atoms with Gasteiger partial charge in [-0.25, -0.2) is 0 Å². The molecule has 0 bridgehead atoms. The highest BCUT2D eigenvalue weighted by molar-refractivity contribution is 5.55. The van der Waals surface area contributed by atoms with Crippen LogP contribution in [0.5, 0.6) is 0 Å². The van der Waals surface area contributed by atoms with Crippen molar-refractivity contribution in [3.63, 3.8) is 0 Å². The summed E-state index contributed by atoms with van der Waals surface area (Å²) in [5.41, 5.74) is 15.3. The van der Waals surface area contributed by atoms with Gasteiger partial charge in [-0.2, -0.15) is 0 Å². The number of nitrogens with zero attached hydrogens (tertiary/aromatic N) is 1. The van der Waals surface area contributed by atoms with Gasteiger partial charge in [-0.05, 0) is 41.5 Å². The van der Waals surface area contributed by atoms with Crippen LogP contribution in [0.25, 0.3) is 0 Å². The Kier molecular flexibility index (Phi) is 3.57. The first kappa shape index (κ1) is 11.4. The minimum atomic E-state index is 0.708. The first-order valence-corrected chi connectivity index (χ1v) is 5.49. The van der Waals surface area contributed by atoms with Crippen molar-refractivity contribution in [2.75, 3.05) is 11.5 Å². The van der Waals surface area contributed by atoms with E-state index in [1.165, 1.54) is 5.56 Å². The number of anilines is 2. The van der Waals surface area contributed by atoms with E-state index in [1.807, 2.05) is 30.3 Å². The molecule has 1 aromatic heterocycles. The molecule has 0 saturated carbocycles. The molecular weight excluding hydrogens is 212 g/mol. The van der Waals surface area contributed by atoms with Crippen LogP contribution in [0.3, 0.4) is 0 Å². The highest BCUT2D eigenvalue weighted by atomic mass is 14.9. The summed E-state index contributed by atoms with van der Waals surface area (Å²) >= 11 is 0. The Balaban J connectivity index is 1.92. The molecule has 2 rings (SSSR count). The Morgan fingerprint density at radius 1 is 1.00 bits per heavy atom. The van der Waals surface area contributed by atoms with Gasteiger partial charge in [0.15, 0.2) is 0 Å². The standard InChI is InChI=1S/C13H16N4/c14-12-1-2-13(15)11(7-12)9-17-8-10-3-5-16-6-4-10/h1-7,17H,8-9,14-15H2. The molecule has 4 heteroatoms. The van der Waals surface area contributed by atoms with Crippen molar-refractivity contribution < 1.29 is 0 Å². The molecule has 5 N–H and O–H groups in total. The fourth-order valence-electron chi connectivity index (χ4n) is 1.62. The van der Waals surface area contributed by atoms with E-state index in [1.54, 1.807) is 12.4 Å². The van der Waals surface area contributed by atoms with Crippen LogP contribution in [0.2, 0.25) is 0 Å². The van der Waals surface area contributed by atoms with Gasteiger partial charge in [0.25, 0.3) is 0 Å². The fraction of sp³-hybridized carbons (Fsp3) is 0.154. The van der Waals surface area contributed by atoms with Crippen LogP contribution in [0.15, 0.2) is 42.7 Å². The summed E-state index contributed by atoms with van der Waals surface area (Å²) in [6, 6.07) is 9.50. The van der Waals surface area contributed by atoms with Crippen LogP contribution >= 0.6 is 0 Å². The van der Waals surface area contributed by atoms with Gasteiger partial charge in [0.05, 0.1) is 0 Å². The molecule has 0 unspecified atom stereocenters. The zero-order valence-corrected chi connectivity index (χ0v) is 9.56. The molecule has 2 aromatic rings. The molecule has 0 spiro atoms. The fourth-order valence-corrected chi connectivity index (χ4v) is 1.62. The second-order valence-corrected chi connectivity index (χ2v) is 3.92. The van der Waals surface area contributed by atoms with Gasteiger partial charge >= 0.3 is 0 Å². The molecule has 0 radical (unpaired) electrons. The highest BCUT2D eigenvalue weighted by Crippen LogP contribution is 2.15. The first-order valence-electron chi connectivity index (χ1n) is 5.49. The van der Waals surface area contributed by atoms with Gasteiger partial charge in [0.1, 0.15) is 0 Å². The van der Waals surface area contributed by atoms with Crippen LogP contribution in [0, 0.1) is 0 Å². The smallest absolute Gasteiger partial charge is 0.0361 e. The summed E-state index contributed by atoms with van der Waals surface area (Å²) in [5.74, 6) is 0. The van der Waals surface area contributed by atoms with E-state index in [9.17, 15) is 0 Å². The van der Waals surface area contributed by atoms with Gasteiger partial charge < -0.3 is 16.8 Å². The van der Waals surface area contributed by atoms with Crippen molar-refractivity contribution in [1.29, 1.82) is 0 Å². The van der Waals surface area contributed by atoms with Crippen LogP contribution in [-0.2, 0) is 13.1 Å². The second-order valence-electron chi connectivity index (χ2n) is 3.92. The maximum absolute atomic E-state index is 5.86. The van der Waals surface area contributed by atoms with Crippen molar-refractivity contribution in [2.24, 2.45) is 0 Å². The maximum Gasteiger partial charge on any atom is 0.0361 e. The third-order valence-electron chi connectivity index (χ3n) is 2.56. The first-order chi connectivity index (χ1) is 8.25. The van der Waals surface area contributed by atoms with Crippen molar-refractivity contribution in [3.8, 4) is 0 Å². The summed E-state index contributed by atoms with van der Waals surface area (Å²) in [6.45, 7) is 1.50. The number of benzene rings is 1. The Morgan fingerprint density at radius 2 is 1.76 bits per heavy atom. The van der Waals surface area contributed by atoms with Gasteiger partial charge in [-0.15, -0.1) is 0 Å². The molecule has 0 saturated heterocycles. The molecule has 0 fully saturated rings. The molecule has 0 atom stereocenters. The van der Waals surface area contributed by atoms with E-state index in [4.69, 9.17) is 11.5 Å². The van der Waals surface area contributed by atoms with Crippen molar-refractivity contribution in [3.05, 3.63) is 53.9 Å². The third-order valence-corrected chi connectivity index (χ3v) is 2.56. The zero-order valence-electron chi connectivity index (χ0n) is 9.56. The SMILES string of the molecule is Nc1ccc(N)c(CNCc2ccncc2)c1. The molecule has 0 aliphatic carbocycles. The van der Waals surface area contributed by atoms with Gasteiger partial charge in [0.2, 0.25) is 0 Å². The van der Waals surface area contributed by atoms with Crippen LogP contribution in [0.1, 0.15) is 11.1 Å². The Hall–Kier alpha value is -2.07. The predicted molar refractivity (Wildman–Crippen MR) is 70.0 cm³/mol. The number of nitrogen functional groups attached to an aromatic ring is 2. The summed E-state index contributed by atoms with van der Waals surface area (Å²) in [7, 11) is 0. The zero-order chi connectivity index (χ0) is 12.1. The van der Waals surface area contributed by atoms with Gasteiger partial charge in [-0.3, -0.25) is 4.98 Å². The number of rotatable bonds is 4. The van der Waals surface area contributed by atoms with Crippen molar-refractivity contribution in [1.82, 2.24) is 10.3 Å². The molecule has 4 nitrogen and oxygen atoms in total. The summed E-state index contributed by atoms with van der Waals surface area (Å²) in [5, 5.41) is 3.32. The second kappa shape index (κ2) is 5.32. The largest absolute Gasteiger partial charge is 0.399 e. The van der Waals surface area contributed by atoms with E-state index in [2.05, 4.69) is 10.3 Å². The van der Waals surface area contributed by atoms with Crippen LogP contribution in [-0.4, -0.2) is 4.98 Å². The molecule has 0 aliphatic rings. The van der Waals surface area contributed by atoms with E-state index in [-0.39, 0.29) is 0 Å². The number of nitrogens with one attached hydrogen (secondary N) is 1. The van der Waals surface area contributed by atoms with Gasteiger partial charge in [-0.1, -0.05) is 0 Å². The lowest BCUT2D eigenvalue weighted by molar-refractivity contribution is 0.694. The van der Waals surface area contributed by atoms with Crippen molar-refractivity contribution >= 4 is 11.4 Å². The van der Waals surface area contributed by atoms with E-state index in [0.717, 1.165) is 23.5 Å². The van der Waals surface area contributed by atoms with Gasteiger partial charge in [0, 0.05) is 36.9 Å². The van der Waals surface area contributed by atoms with Crippen LogP contribution in [0.4, 0.5) is 11.4 Å². The summed E-state index contributed by atoms with van der Waals surface area (Å²) in [6.07, 6.45) is 3.57. The third kappa shape index (κ3) is 3.19. The normalized spacial score (nSPS) is 10.4. The van der Waals surface area contributed by atoms with E-state index < -0.39 is 0 Å². The Bertz CT molecular complexity index is 482. The summed E-state index contributed by atoms with van der Waals surface area (Å²) < 4.78 is 0. The Morgan fingerprint density at radius 3 is 2.53 bits per heavy atom. The predicted octanol–water partition coefficient (Wildman–Crippen LogP) is 1.54. The lowest BCUT2D eigenvalue weighted by Gasteiger charge is -2.08. The molecule has 0 amide bonds. The minimum Gasteiger partial charge on any atom is -0.399 e. The number of aromatic nitrogens is 1. The number of hydrogen-bond donors (Lipinski definition) is 3. The monoisotopic (exact) mass is 228 g/mol. The Labute approximate surface area is 101 Å². The molecular formula is C13H16N4. The molecule has 17 heavy (non-hydrogen) atoms. The topological polar surface area (TPSA) is 77.0 Å². The highest BCUT2D eigenvalue weighted by Gasteiger charge is 1.99. The average Bonchev–Trinajstić information content (AvgIpc) is 2.35. The number of nitrogens with two attached hydrogens (primary N) is 2. The average molecular weight is 228 g/mol. The summed E-state index contributed by atoms with van der Waals surface area (Å²) in [4.78, 5) is 3.97. The van der Waals surface area contributed by atoms with Crippen LogP contribution < -0.4 is 16.8 Å². The minimum absolute atomic E-state index is 0.708. The van der Waals surface area contributed by atoms with Crippen molar-refractivity contribution in [2.45, 2.75) is 13.1 Å². The number of pyridine rings is 1. The molecule has 88 valence electrons.